The molecule has 3 aromatic carbocycles. The van der Waals surface area contributed by atoms with Crippen LogP contribution in [-0.4, -0.2) is 19.4 Å². The van der Waals surface area contributed by atoms with E-state index in [1.54, 1.807) is 72.9 Å². The number of pyridine rings is 1. The molecule has 0 atom stereocenters. The number of rotatable bonds is 5. The van der Waals surface area contributed by atoms with Gasteiger partial charge in [-0.3, -0.25) is 9.71 Å². The summed E-state index contributed by atoms with van der Waals surface area (Å²) in [6.07, 6.45) is 1.54. The van der Waals surface area contributed by atoms with E-state index in [0.717, 1.165) is 4.47 Å². The molecule has 0 fully saturated rings. The van der Waals surface area contributed by atoms with Crippen molar-refractivity contribution in [1.29, 1.82) is 0 Å². The molecule has 1 aromatic heterocycles. The van der Waals surface area contributed by atoms with Crippen molar-refractivity contribution in [1.82, 2.24) is 4.98 Å². The number of anilines is 3. The normalized spacial score (nSPS) is 11.1. The number of fused-ring (bicyclic) bond motifs is 1. The van der Waals surface area contributed by atoms with E-state index < -0.39 is 16.1 Å². The molecule has 0 aliphatic heterocycles. The predicted molar refractivity (Wildman–Crippen MR) is 126 cm³/mol. The molecule has 7 nitrogen and oxygen atoms in total. The number of para-hydroxylation sites is 4. The maximum Gasteiger partial charge on any atom is 0.323 e. The van der Waals surface area contributed by atoms with E-state index in [9.17, 15) is 13.2 Å². The number of hydrogen-bond donors (Lipinski definition) is 3. The molecule has 0 aliphatic rings. The molecule has 4 aromatic rings. The van der Waals surface area contributed by atoms with E-state index in [-0.39, 0.29) is 10.6 Å². The lowest BCUT2D eigenvalue weighted by Gasteiger charge is -2.15. The third-order valence-corrected chi connectivity index (χ3v) is 6.52. The molecule has 0 aliphatic carbocycles. The molecular formula is C22H17BrN4O3S. The first-order valence-electron chi connectivity index (χ1n) is 9.22. The van der Waals surface area contributed by atoms with E-state index in [1.807, 2.05) is 6.07 Å². The average molecular weight is 497 g/mol. The highest BCUT2D eigenvalue weighted by atomic mass is 79.9. The number of urea groups is 1. The number of carbonyl (C=O) groups is 1. The number of nitrogens with one attached hydrogen (secondary N) is 3. The van der Waals surface area contributed by atoms with Crippen molar-refractivity contribution in [3.8, 4) is 0 Å². The molecule has 3 N–H and O–H groups in total. The molecule has 0 spiro atoms. The Kier molecular flexibility index (Phi) is 5.88. The van der Waals surface area contributed by atoms with Crippen molar-refractivity contribution in [2.45, 2.75) is 4.90 Å². The summed E-state index contributed by atoms with van der Waals surface area (Å²) in [5.74, 6) is 0. The van der Waals surface area contributed by atoms with Crippen molar-refractivity contribution in [2.24, 2.45) is 0 Å². The van der Waals surface area contributed by atoms with Gasteiger partial charge in [-0.1, -0.05) is 42.5 Å². The third kappa shape index (κ3) is 4.68. The molecule has 0 unspecified atom stereocenters. The minimum atomic E-state index is -3.96. The Morgan fingerprint density at radius 3 is 2.19 bits per heavy atom. The standard InChI is InChI=1S/C22H17BrN4O3S/c23-16-9-1-2-10-17(16)25-22(28)26-18-11-3-4-12-19(18)27-31(29,30)20-13-5-7-15-8-6-14-24-21(15)20/h1-14,27H,(H2,25,26,28). The minimum Gasteiger partial charge on any atom is -0.307 e. The van der Waals surface area contributed by atoms with Gasteiger partial charge in [0.15, 0.2) is 0 Å². The fourth-order valence-electron chi connectivity index (χ4n) is 3.01. The molecule has 2 amide bonds. The maximum absolute atomic E-state index is 13.1. The molecule has 0 saturated heterocycles. The van der Waals surface area contributed by atoms with Gasteiger partial charge in [0.25, 0.3) is 10.0 Å². The van der Waals surface area contributed by atoms with Crippen LogP contribution >= 0.6 is 15.9 Å². The number of halogens is 1. The lowest BCUT2D eigenvalue weighted by atomic mass is 10.2. The van der Waals surface area contributed by atoms with Crippen LogP contribution in [0.3, 0.4) is 0 Å². The molecule has 0 radical (unpaired) electrons. The fraction of sp³-hybridized carbons (Fsp3) is 0. The molecule has 0 bridgehead atoms. The van der Waals surface area contributed by atoms with Crippen molar-refractivity contribution in [2.75, 3.05) is 15.4 Å². The summed E-state index contributed by atoms with van der Waals surface area (Å²) in [6.45, 7) is 0. The smallest absolute Gasteiger partial charge is 0.307 e. The molecule has 9 heteroatoms. The third-order valence-electron chi connectivity index (χ3n) is 4.43. The number of aromatic nitrogens is 1. The molecule has 0 saturated carbocycles. The summed E-state index contributed by atoms with van der Waals surface area (Å²) in [5, 5.41) is 6.12. The second-order valence-corrected chi connectivity index (χ2v) is 9.05. The van der Waals surface area contributed by atoms with Gasteiger partial charge in [-0.05, 0) is 52.3 Å². The Bertz CT molecular complexity index is 1370. The molecule has 1 heterocycles. The quantitative estimate of drug-likeness (QED) is 0.342. The molecule has 156 valence electrons. The molecule has 4 rings (SSSR count). The topological polar surface area (TPSA) is 100 Å². The number of nitrogens with zero attached hydrogens (tertiary/aromatic N) is 1. The Morgan fingerprint density at radius 1 is 0.774 bits per heavy atom. The van der Waals surface area contributed by atoms with Gasteiger partial charge in [0.1, 0.15) is 4.90 Å². The summed E-state index contributed by atoms with van der Waals surface area (Å²) in [4.78, 5) is 16.7. The lowest BCUT2D eigenvalue weighted by Crippen LogP contribution is -2.21. The van der Waals surface area contributed by atoms with Gasteiger partial charge in [0.2, 0.25) is 0 Å². The number of benzene rings is 3. The van der Waals surface area contributed by atoms with Crippen LogP contribution in [0.1, 0.15) is 0 Å². The van der Waals surface area contributed by atoms with Crippen LogP contribution in [0.4, 0.5) is 21.9 Å². The zero-order chi connectivity index (χ0) is 21.8. The molecular weight excluding hydrogens is 480 g/mol. The first-order valence-corrected chi connectivity index (χ1v) is 11.5. The average Bonchev–Trinajstić information content (AvgIpc) is 2.76. The summed E-state index contributed by atoms with van der Waals surface area (Å²) >= 11 is 3.37. The number of sulfonamides is 1. The highest BCUT2D eigenvalue weighted by molar-refractivity contribution is 9.10. The van der Waals surface area contributed by atoms with E-state index >= 15 is 0 Å². The van der Waals surface area contributed by atoms with Gasteiger partial charge in [-0.15, -0.1) is 0 Å². The Morgan fingerprint density at radius 2 is 1.42 bits per heavy atom. The van der Waals surface area contributed by atoms with Crippen LogP contribution in [-0.2, 0) is 10.0 Å². The number of carbonyl (C=O) groups excluding carboxylic acids is 1. The number of hydrogen-bond acceptors (Lipinski definition) is 4. The Hall–Kier alpha value is -3.43. The van der Waals surface area contributed by atoms with Crippen LogP contribution < -0.4 is 15.4 Å². The Balaban J connectivity index is 1.60. The molecule has 31 heavy (non-hydrogen) atoms. The summed E-state index contributed by atoms with van der Waals surface area (Å²) in [7, 11) is -3.96. The van der Waals surface area contributed by atoms with Crippen molar-refractivity contribution in [3.63, 3.8) is 0 Å². The van der Waals surface area contributed by atoms with Crippen LogP contribution in [0.25, 0.3) is 10.9 Å². The SMILES string of the molecule is O=C(Nc1ccccc1Br)Nc1ccccc1NS(=O)(=O)c1cccc2cccnc12. The van der Waals surface area contributed by atoms with Gasteiger partial charge in [-0.2, -0.15) is 0 Å². The minimum absolute atomic E-state index is 0.0538. The van der Waals surface area contributed by atoms with Gasteiger partial charge in [0.05, 0.1) is 22.6 Å². The fourth-order valence-corrected chi connectivity index (χ4v) is 4.66. The first kappa shape index (κ1) is 20.8. The van der Waals surface area contributed by atoms with Crippen molar-refractivity contribution in [3.05, 3.63) is 89.5 Å². The largest absolute Gasteiger partial charge is 0.323 e. The Labute approximate surface area is 187 Å². The van der Waals surface area contributed by atoms with Gasteiger partial charge >= 0.3 is 6.03 Å². The zero-order valence-electron chi connectivity index (χ0n) is 16.0. The first-order chi connectivity index (χ1) is 14.9. The van der Waals surface area contributed by atoms with Gasteiger partial charge < -0.3 is 10.6 Å². The summed E-state index contributed by atoms with van der Waals surface area (Å²) < 4.78 is 29.5. The lowest BCUT2D eigenvalue weighted by molar-refractivity contribution is 0.262. The maximum atomic E-state index is 13.1. The van der Waals surface area contributed by atoms with Gasteiger partial charge in [0, 0.05) is 16.1 Å². The second kappa shape index (κ2) is 8.75. The summed E-state index contributed by atoms with van der Waals surface area (Å²) in [5.41, 5.74) is 1.50. The van der Waals surface area contributed by atoms with Crippen LogP contribution in [0.2, 0.25) is 0 Å². The van der Waals surface area contributed by atoms with E-state index in [1.165, 1.54) is 6.07 Å². The van der Waals surface area contributed by atoms with E-state index in [2.05, 4.69) is 36.3 Å². The van der Waals surface area contributed by atoms with Gasteiger partial charge in [-0.25, -0.2) is 13.2 Å². The summed E-state index contributed by atoms with van der Waals surface area (Å²) in [6, 6.07) is 21.7. The van der Waals surface area contributed by atoms with E-state index in [0.29, 0.717) is 22.3 Å². The number of amides is 2. The van der Waals surface area contributed by atoms with E-state index in [4.69, 9.17) is 0 Å². The highest BCUT2D eigenvalue weighted by Gasteiger charge is 2.20. The predicted octanol–water partition coefficient (Wildman–Crippen LogP) is 5.44. The zero-order valence-corrected chi connectivity index (χ0v) is 18.4. The monoisotopic (exact) mass is 496 g/mol. The van der Waals surface area contributed by atoms with Crippen molar-refractivity contribution < 1.29 is 13.2 Å². The van der Waals surface area contributed by atoms with Crippen LogP contribution in [0, 0.1) is 0 Å². The van der Waals surface area contributed by atoms with Crippen LogP contribution in [0.15, 0.2) is 94.4 Å². The van der Waals surface area contributed by atoms with Crippen molar-refractivity contribution >= 4 is 59.9 Å². The van der Waals surface area contributed by atoms with Crippen LogP contribution in [0.5, 0.6) is 0 Å². The highest BCUT2D eigenvalue weighted by Crippen LogP contribution is 2.28. The second-order valence-electron chi connectivity index (χ2n) is 6.54.